The van der Waals surface area contributed by atoms with Gasteiger partial charge in [-0.15, -0.1) is 34.0 Å². The lowest BCUT2D eigenvalue weighted by Crippen LogP contribution is -1.71. The lowest BCUT2D eigenvalue weighted by Gasteiger charge is -1.97. The molecule has 136 valence electrons. The summed E-state index contributed by atoms with van der Waals surface area (Å²) >= 11 is 5.20. The van der Waals surface area contributed by atoms with Crippen molar-refractivity contribution >= 4 is 60.9 Å². The van der Waals surface area contributed by atoms with Crippen LogP contribution in [0, 0.1) is 22.7 Å². The van der Waals surface area contributed by atoms with Crippen LogP contribution >= 0.6 is 34.0 Å². The zero-order valence-corrected chi connectivity index (χ0v) is 17.5. The first-order valence-electron chi connectivity index (χ1n) is 8.88. The Labute approximate surface area is 179 Å². The van der Waals surface area contributed by atoms with Gasteiger partial charge in [-0.05, 0) is 24.3 Å². The van der Waals surface area contributed by atoms with Gasteiger partial charge >= 0.3 is 0 Å². The normalized spacial score (nSPS) is 10.7. The van der Waals surface area contributed by atoms with Crippen LogP contribution in [0.2, 0.25) is 0 Å². The second kappa shape index (κ2) is 7.31. The van der Waals surface area contributed by atoms with Gasteiger partial charge in [0, 0.05) is 46.4 Å². The van der Waals surface area contributed by atoms with E-state index < -0.39 is 0 Å². The maximum atomic E-state index is 9.01. The molecule has 3 heterocycles. The van der Waals surface area contributed by atoms with E-state index in [2.05, 4.69) is 60.0 Å². The van der Waals surface area contributed by atoms with Gasteiger partial charge in [0.15, 0.2) is 0 Å². The number of fused-ring (bicyclic) bond motifs is 2. The average Bonchev–Trinajstić information content (AvgIpc) is 3.48. The summed E-state index contributed by atoms with van der Waals surface area (Å²) in [7, 11) is 0. The second-order valence-corrected chi connectivity index (χ2v) is 9.48. The van der Waals surface area contributed by atoms with Crippen molar-refractivity contribution in [1.82, 2.24) is 0 Å². The molecule has 2 nitrogen and oxygen atoms in total. The second-order valence-electron chi connectivity index (χ2n) is 6.44. The van der Waals surface area contributed by atoms with Crippen LogP contribution in [-0.4, -0.2) is 0 Å². The molecule has 0 N–H and O–H groups in total. The molecule has 29 heavy (non-hydrogen) atoms. The van der Waals surface area contributed by atoms with Gasteiger partial charge in [0.2, 0.25) is 0 Å². The number of nitriles is 2. The Balaban J connectivity index is 1.70. The van der Waals surface area contributed by atoms with Gasteiger partial charge in [-0.1, -0.05) is 42.5 Å². The highest BCUT2D eigenvalue weighted by atomic mass is 32.1. The molecule has 5 heteroatoms. The minimum Gasteiger partial charge on any atom is -0.192 e. The quantitative estimate of drug-likeness (QED) is 0.276. The maximum Gasteiger partial charge on any atom is 0.131 e. The van der Waals surface area contributed by atoms with Gasteiger partial charge in [-0.2, -0.15) is 10.5 Å². The summed E-state index contributed by atoms with van der Waals surface area (Å²) in [6.07, 6.45) is 1.65. The fraction of sp³-hybridized carbons (Fsp3) is 0. The van der Waals surface area contributed by atoms with Crippen molar-refractivity contribution in [3.63, 3.8) is 0 Å². The third-order valence-electron chi connectivity index (χ3n) is 4.72. The highest BCUT2D eigenvalue weighted by Crippen LogP contribution is 2.48. The molecule has 0 saturated carbocycles. The van der Waals surface area contributed by atoms with Gasteiger partial charge < -0.3 is 0 Å². The highest BCUT2D eigenvalue weighted by molar-refractivity contribution is 7.26. The van der Waals surface area contributed by atoms with Crippen LogP contribution in [0.3, 0.4) is 0 Å². The van der Waals surface area contributed by atoms with Crippen molar-refractivity contribution in [2.75, 3.05) is 0 Å². The summed E-state index contributed by atoms with van der Waals surface area (Å²) < 4.78 is 1.30. The van der Waals surface area contributed by atoms with Crippen LogP contribution in [0.15, 0.2) is 71.6 Å². The number of hydrogen-bond donors (Lipinski definition) is 0. The molecule has 3 aromatic heterocycles. The number of allylic oxidation sites excluding steroid dienone is 1. The predicted molar refractivity (Wildman–Crippen MR) is 125 cm³/mol. The molecule has 0 atom stereocenters. The monoisotopic (exact) mass is 424 g/mol. The summed E-state index contributed by atoms with van der Waals surface area (Å²) in [6, 6.07) is 25.0. The zero-order valence-electron chi connectivity index (χ0n) is 15.0. The molecule has 0 unspecified atom stereocenters. The molecule has 0 aliphatic heterocycles. The fourth-order valence-corrected chi connectivity index (χ4v) is 6.82. The molecule has 0 bridgehead atoms. The van der Waals surface area contributed by atoms with Crippen molar-refractivity contribution < 1.29 is 0 Å². The molecule has 5 rings (SSSR count). The van der Waals surface area contributed by atoms with E-state index in [1.165, 1.54) is 36.2 Å². The molecule has 0 aliphatic rings. The number of nitrogens with zero attached hydrogens (tertiary/aromatic N) is 2. The molecule has 5 aromatic rings. The lowest BCUT2D eigenvalue weighted by molar-refractivity contribution is 1.47. The highest BCUT2D eigenvalue weighted by Gasteiger charge is 2.17. The van der Waals surface area contributed by atoms with E-state index in [1.54, 1.807) is 28.7 Å². The van der Waals surface area contributed by atoms with E-state index >= 15 is 0 Å². The van der Waals surface area contributed by atoms with Crippen molar-refractivity contribution in [2.24, 2.45) is 0 Å². The molecule has 0 aliphatic carbocycles. The Morgan fingerprint density at radius 3 is 2.21 bits per heavy atom. The summed E-state index contributed by atoms with van der Waals surface area (Å²) in [5, 5.41) is 24.1. The summed E-state index contributed by atoms with van der Waals surface area (Å²) in [6.45, 7) is 0. The number of rotatable bonds is 3. The average molecular weight is 425 g/mol. The first-order chi connectivity index (χ1) is 14.3. The Bertz CT molecular complexity index is 1470. The molecule has 2 aromatic carbocycles. The van der Waals surface area contributed by atoms with Crippen LogP contribution in [0.5, 0.6) is 0 Å². The standard InChI is InChI=1S/C24H12N2S3/c25-12-15(13-26)11-16-9-10-22(28-16)24-19-7-2-1-6-18(19)23(29-24)20-14-27-21-8-4-3-5-17(20)21/h1-11,14H. The fourth-order valence-electron chi connectivity index (χ4n) is 3.41. The van der Waals surface area contributed by atoms with Crippen LogP contribution < -0.4 is 0 Å². The Hall–Kier alpha value is -3.22. The van der Waals surface area contributed by atoms with Crippen LogP contribution in [0.25, 0.3) is 47.1 Å². The molecule has 0 spiro atoms. The van der Waals surface area contributed by atoms with E-state index in [9.17, 15) is 0 Å². The summed E-state index contributed by atoms with van der Waals surface area (Å²) in [4.78, 5) is 4.58. The van der Waals surface area contributed by atoms with Crippen molar-refractivity contribution in [1.29, 1.82) is 10.5 Å². The number of benzene rings is 2. The minimum atomic E-state index is 0.125. The van der Waals surface area contributed by atoms with Crippen molar-refractivity contribution in [3.8, 4) is 32.3 Å². The molecule has 0 amide bonds. The lowest BCUT2D eigenvalue weighted by atomic mass is 10.1. The van der Waals surface area contributed by atoms with E-state index in [-0.39, 0.29) is 5.57 Å². The first kappa shape index (κ1) is 17.8. The van der Waals surface area contributed by atoms with Crippen LogP contribution in [0.1, 0.15) is 4.88 Å². The van der Waals surface area contributed by atoms with Gasteiger partial charge in [-0.3, -0.25) is 0 Å². The Kier molecular flexibility index (Phi) is 4.50. The molecule has 0 fully saturated rings. The molecule has 0 radical (unpaired) electrons. The van der Waals surface area contributed by atoms with Crippen molar-refractivity contribution in [2.45, 2.75) is 0 Å². The first-order valence-corrected chi connectivity index (χ1v) is 11.4. The SMILES string of the molecule is N#CC(C#N)=Cc1ccc(-c2sc(-c3csc4ccccc34)c3ccccc23)s1. The van der Waals surface area contributed by atoms with E-state index in [0.717, 1.165) is 9.75 Å². The third-order valence-corrected chi connectivity index (χ3v) is 8.15. The van der Waals surface area contributed by atoms with Crippen molar-refractivity contribution in [3.05, 3.63) is 76.5 Å². The van der Waals surface area contributed by atoms with Gasteiger partial charge in [0.25, 0.3) is 0 Å². The third kappa shape index (κ3) is 3.06. The predicted octanol–water partition coefficient (Wildman–Crippen LogP) is 7.94. The molecular formula is C24H12N2S3. The van der Waals surface area contributed by atoms with Gasteiger partial charge in [-0.25, -0.2) is 0 Å². The van der Waals surface area contributed by atoms with E-state index in [1.807, 2.05) is 29.5 Å². The van der Waals surface area contributed by atoms with Gasteiger partial charge in [0.05, 0.1) is 4.88 Å². The summed E-state index contributed by atoms with van der Waals surface area (Å²) in [5.41, 5.74) is 1.41. The topological polar surface area (TPSA) is 47.6 Å². The number of thiophene rings is 3. The molecule has 0 saturated heterocycles. The Morgan fingerprint density at radius 2 is 1.45 bits per heavy atom. The summed E-state index contributed by atoms with van der Waals surface area (Å²) in [5.74, 6) is 0. The molecular weight excluding hydrogens is 412 g/mol. The zero-order chi connectivity index (χ0) is 19.8. The Morgan fingerprint density at radius 1 is 0.759 bits per heavy atom. The number of hydrogen-bond acceptors (Lipinski definition) is 5. The largest absolute Gasteiger partial charge is 0.192 e. The smallest absolute Gasteiger partial charge is 0.131 e. The van der Waals surface area contributed by atoms with E-state index in [4.69, 9.17) is 10.5 Å². The maximum absolute atomic E-state index is 9.01. The van der Waals surface area contributed by atoms with Crippen LogP contribution in [0.4, 0.5) is 0 Å². The van der Waals surface area contributed by atoms with Gasteiger partial charge in [0.1, 0.15) is 17.7 Å². The minimum absolute atomic E-state index is 0.125. The van der Waals surface area contributed by atoms with Crippen LogP contribution in [-0.2, 0) is 0 Å². The van der Waals surface area contributed by atoms with E-state index in [0.29, 0.717) is 0 Å².